The lowest BCUT2D eigenvalue weighted by atomic mass is 9.83. The highest BCUT2D eigenvalue weighted by Crippen LogP contribution is 2.40. The monoisotopic (exact) mass is 350 g/mol. The van der Waals surface area contributed by atoms with Crippen LogP contribution < -0.4 is 0 Å². The topological polar surface area (TPSA) is 86.5 Å². The molecule has 2 aliphatic rings. The maximum Gasteiger partial charge on any atom is 0.312 e. The molecule has 1 fully saturated rings. The molecule has 4 atom stereocenters. The summed E-state index contributed by atoms with van der Waals surface area (Å²) >= 11 is 0. The molecule has 2 aliphatic heterocycles. The Kier molecular flexibility index (Phi) is 6.87. The lowest BCUT2D eigenvalue weighted by Crippen LogP contribution is -2.38. The maximum absolute atomic E-state index is 12.4. The summed E-state index contributed by atoms with van der Waals surface area (Å²) in [6.45, 7) is 8.73. The number of carbonyl (C=O) groups is 2. The fourth-order valence-electron chi connectivity index (χ4n) is 2.89. The Morgan fingerprint density at radius 1 is 0.840 bits per heavy atom. The summed E-state index contributed by atoms with van der Waals surface area (Å²) in [6.07, 6.45) is 2.75. The van der Waals surface area contributed by atoms with Crippen LogP contribution in [0.3, 0.4) is 0 Å². The van der Waals surface area contributed by atoms with Crippen LogP contribution in [0.25, 0.3) is 0 Å². The second-order valence-electron chi connectivity index (χ2n) is 6.49. The molecule has 0 aliphatic carbocycles. The van der Waals surface area contributed by atoms with Gasteiger partial charge in [0, 0.05) is 11.4 Å². The number of aliphatic imine (C=N–C) groups is 2. The van der Waals surface area contributed by atoms with Gasteiger partial charge in [0.15, 0.2) is 0 Å². The summed E-state index contributed by atoms with van der Waals surface area (Å²) in [5.74, 6) is -2.20. The van der Waals surface area contributed by atoms with Crippen molar-refractivity contribution in [3.8, 4) is 0 Å². The van der Waals surface area contributed by atoms with E-state index in [1.54, 1.807) is 12.2 Å². The van der Waals surface area contributed by atoms with E-state index in [0.29, 0.717) is 13.1 Å². The fraction of sp³-hybridized carbons (Fsp3) is 0.667. The summed E-state index contributed by atoms with van der Waals surface area (Å²) in [6, 6.07) is 0. The second kappa shape index (κ2) is 8.89. The molecule has 0 radical (unpaired) electrons. The van der Waals surface area contributed by atoms with E-state index < -0.39 is 36.0 Å². The van der Waals surface area contributed by atoms with Gasteiger partial charge in [-0.15, -0.1) is 0 Å². The molecule has 1 saturated heterocycles. The van der Waals surface area contributed by atoms with Crippen LogP contribution in [0.5, 0.6) is 0 Å². The highest BCUT2D eigenvalue weighted by Gasteiger charge is 2.54. The summed E-state index contributed by atoms with van der Waals surface area (Å²) in [4.78, 5) is 33.2. The largest absolute Gasteiger partial charge is 0.463 e. The molecule has 0 amide bonds. The maximum atomic E-state index is 12.4. The van der Waals surface area contributed by atoms with Gasteiger partial charge in [0.05, 0.1) is 25.3 Å². The molecule has 7 heteroatoms. The average Bonchev–Trinajstić information content (AvgIpc) is 3.15. The van der Waals surface area contributed by atoms with Crippen LogP contribution in [0, 0.1) is 11.8 Å². The first-order valence-corrected chi connectivity index (χ1v) is 8.52. The van der Waals surface area contributed by atoms with Gasteiger partial charge in [-0.05, 0) is 27.7 Å². The van der Waals surface area contributed by atoms with Crippen molar-refractivity contribution in [1.82, 2.24) is 0 Å². The van der Waals surface area contributed by atoms with Crippen molar-refractivity contribution in [2.45, 2.75) is 39.9 Å². The van der Waals surface area contributed by atoms with Crippen molar-refractivity contribution >= 4 is 23.4 Å². The zero-order valence-corrected chi connectivity index (χ0v) is 15.2. The van der Waals surface area contributed by atoms with Gasteiger partial charge in [-0.1, -0.05) is 12.2 Å². The lowest BCUT2D eigenvalue weighted by Gasteiger charge is -2.22. The number of carbonyl (C=O) groups excluding carboxylic acids is 2. The van der Waals surface area contributed by atoms with Crippen molar-refractivity contribution < 1.29 is 23.8 Å². The number of nitrogens with zero attached hydrogens (tertiary/aromatic N) is 2. The van der Waals surface area contributed by atoms with Crippen molar-refractivity contribution in [1.29, 1.82) is 0 Å². The minimum atomic E-state index is -0.661. The van der Waals surface area contributed by atoms with Gasteiger partial charge in [0.25, 0.3) is 0 Å². The van der Waals surface area contributed by atoms with Crippen LogP contribution in [-0.4, -0.2) is 61.9 Å². The third-order valence-corrected chi connectivity index (χ3v) is 3.97. The molecule has 0 spiro atoms. The molecular formula is C18H26N2O5. The minimum Gasteiger partial charge on any atom is -0.463 e. The number of fused-ring (bicyclic) bond motifs is 2. The van der Waals surface area contributed by atoms with E-state index in [4.69, 9.17) is 14.2 Å². The van der Waals surface area contributed by atoms with Gasteiger partial charge in [-0.25, -0.2) is 0 Å². The molecule has 2 heterocycles. The minimum absolute atomic E-state index is 0.188. The van der Waals surface area contributed by atoms with Crippen LogP contribution in [0.1, 0.15) is 27.7 Å². The first kappa shape index (κ1) is 19.3. The van der Waals surface area contributed by atoms with Gasteiger partial charge in [0.2, 0.25) is 0 Å². The Morgan fingerprint density at radius 2 is 1.24 bits per heavy atom. The molecule has 0 unspecified atom stereocenters. The van der Waals surface area contributed by atoms with Gasteiger partial charge >= 0.3 is 11.9 Å². The number of hydrogen-bond donors (Lipinski definition) is 0. The number of rotatable bonds is 8. The Balaban J connectivity index is 1.90. The highest BCUT2D eigenvalue weighted by atomic mass is 16.6. The van der Waals surface area contributed by atoms with Crippen molar-refractivity contribution in [2.24, 2.45) is 21.8 Å². The Hall–Kier alpha value is -2.02. The highest BCUT2D eigenvalue weighted by molar-refractivity contribution is 5.85. The molecule has 0 N–H and O–H groups in total. The first-order valence-electron chi connectivity index (χ1n) is 8.52. The quantitative estimate of drug-likeness (QED) is 0.287. The molecule has 0 aromatic rings. The van der Waals surface area contributed by atoms with E-state index in [9.17, 15) is 9.59 Å². The van der Waals surface area contributed by atoms with Crippen LogP contribution in [0.15, 0.2) is 22.1 Å². The Labute approximate surface area is 148 Å². The van der Waals surface area contributed by atoms with Crippen molar-refractivity contribution in [3.63, 3.8) is 0 Å². The van der Waals surface area contributed by atoms with E-state index >= 15 is 0 Å². The van der Waals surface area contributed by atoms with Gasteiger partial charge in [0.1, 0.15) is 25.0 Å². The molecular weight excluding hydrogens is 324 g/mol. The summed E-state index contributed by atoms with van der Waals surface area (Å²) < 4.78 is 16.2. The summed E-state index contributed by atoms with van der Waals surface area (Å²) in [5, 5.41) is 0. The molecule has 7 nitrogen and oxygen atoms in total. The van der Waals surface area contributed by atoms with Crippen LogP contribution >= 0.6 is 0 Å². The third kappa shape index (κ3) is 5.22. The SMILES string of the molecule is CC(C)=NCCOC(=O)[C@@H]1[C@H](C(=O)OCCN=C(C)C)[C@H]2C=C[C@@H]1O2. The number of esters is 2. The smallest absolute Gasteiger partial charge is 0.312 e. The third-order valence-electron chi connectivity index (χ3n) is 3.97. The summed E-state index contributed by atoms with van der Waals surface area (Å²) in [7, 11) is 0. The number of hydrogen-bond acceptors (Lipinski definition) is 7. The zero-order chi connectivity index (χ0) is 18.4. The molecule has 138 valence electrons. The van der Waals surface area contributed by atoms with Crippen LogP contribution in [-0.2, 0) is 23.8 Å². The van der Waals surface area contributed by atoms with E-state index in [2.05, 4.69) is 9.98 Å². The van der Waals surface area contributed by atoms with E-state index in [0.717, 1.165) is 11.4 Å². The second-order valence-corrected chi connectivity index (χ2v) is 6.49. The van der Waals surface area contributed by atoms with Gasteiger partial charge < -0.3 is 14.2 Å². The Morgan fingerprint density at radius 3 is 1.60 bits per heavy atom. The zero-order valence-electron chi connectivity index (χ0n) is 15.2. The molecule has 0 aromatic carbocycles. The normalized spacial score (nSPS) is 26.2. The first-order chi connectivity index (χ1) is 11.9. The van der Waals surface area contributed by atoms with Gasteiger partial charge in [-0.2, -0.15) is 0 Å². The van der Waals surface area contributed by atoms with Crippen molar-refractivity contribution in [2.75, 3.05) is 26.3 Å². The predicted octanol–water partition coefficient (Wildman–Crippen LogP) is 1.60. The standard InChI is InChI=1S/C18H26N2O5/c1-11(2)19-7-9-23-17(21)15-13-5-6-14(25-13)16(15)18(22)24-10-8-20-12(3)4/h5-6,13-16H,7-10H2,1-4H3/t13-,14+,15-,16+. The lowest BCUT2D eigenvalue weighted by molar-refractivity contribution is -0.159. The van der Waals surface area contributed by atoms with E-state index in [1.165, 1.54) is 0 Å². The fourth-order valence-corrected chi connectivity index (χ4v) is 2.89. The average molecular weight is 350 g/mol. The molecule has 2 rings (SSSR count). The van der Waals surface area contributed by atoms with E-state index in [-0.39, 0.29) is 13.2 Å². The molecule has 0 aromatic heterocycles. The van der Waals surface area contributed by atoms with Crippen LogP contribution in [0.2, 0.25) is 0 Å². The number of ether oxygens (including phenoxy) is 3. The van der Waals surface area contributed by atoms with Crippen LogP contribution in [0.4, 0.5) is 0 Å². The van der Waals surface area contributed by atoms with Crippen molar-refractivity contribution in [3.05, 3.63) is 12.2 Å². The predicted molar refractivity (Wildman–Crippen MR) is 94.0 cm³/mol. The summed E-state index contributed by atoms with van der Waals surface area (Å²) in [5.41, 5.74) is 1.85. The molecule has 25 heavy (non-hydrogen) atoms. The molecule has 0 saturated carbocycles. The van der Waals surface area contributed by atoms with Gasteiger partial charge in [-0.3, -0.25) is 19.6 Å². The Bertz CT molecular complexity index is 538. The molecule has 2 bridgehead atoms. The van der Waals surface area contributed by atoms with E-state index in [1.807, 2.05) is 27.7 Å².